The lowest BCUT2D eigenvalue weighted by Crippen LogP contribution is -2.56. The summed E-state index contributed by atoms with van der Waals surface area (Å²) in [5.41, 5.74) is 1.11. The minimum absolute atomic E-state index is 0.0152. The van der Waals surface area contributed by atoms with E-state index in [4.69, 9.17) is 9.47 Å². The third-order valence-corrected chi connectivity index (χ3v) is 4.79. The van der Waals surface area contributed by atoms with Gasteiger partial charge in [-0.1, -0.05) is 51.1 Å². The van der Waals surface area contributed by atoms with Crippen molar-refractivity contribution in [3.63, 3.8) is 0 Å². The molecule has 0 aromatic heterocycles. The van der Waals surface area contributed by atoms with E-state index in [1.54, 1.807) is 0 Å². The molecule has 2 fully saturated rings. The Labute approximate surface area is 144 Å². The highest BCUT2D eigenvalue weighted by molar-refractivity contribution is 5.74. The molecule has 3 rings (SSSR count). The number of benzene rings is 1. The minimum Gasteiger partial charge on any atom is -0.378 e. The number of nitrogens with zero attached hydrogens (tertiary/aromatic N) is 2. The monoisotopic (exact) mass is 332 g/mol. The van der Waals surface area contributed by atoms with Crippen LogP contribution in [0.4, 0.5) is 4.79 Å². The maximum atomic E-state index is 12.9. The fourth-order valence-corrected chi connectivity index (χ4v) is 3.20. The molecule has 2 aliphatic heterocycles. The Morgan fingerprint density at radius 2 is 1.71 bits per heavy atom. The molecule has 132 valence electrons. The lowest BCUT2D eigenvalue weighted by molar-refractivity contribution is -0.121. The van der Waals surface area contributed by atoms with Crippen molar-refractivity contribution < 1.29 is 14.3 Å². The Bertz CT molecular complexity index is 549. The van der Waals surface area contributed by atoms with Gasteiger partial charge >= 0.3 is 6.03 Å². The summed E-state index contributed by atoms with van der Waals surface area (Å²) in [6.07, 6.45) is -0.0596. The Balaban J connectivity index is 1.78. The van der Waals surface area contributed by atoms with E-state index >= 15 is 0 Å². The molecule has 2 amide bonds. The van der Waals surface area contributed by atoms with E-state index in [0.29, 0.717) is 39.4 Å². The summed E-state index contributed by atoms with van der Waals surface area (Å²) >= 11 is 0. The average Bonchev–Trinajstić information content (AvgIpc) is 2.61. The van der Waals surface area contributed by atoms with Crippen LogP contribution in [0.25, 0.3) is 0 Å². The molecule has 0 spiro atoms. The SMILES string of the molecule is CC(C)(C)[C@H]1CN(C(=O)N2CCOCC2)C[C@@H](c2ccccc2)O1. The first-order valence-corrected chi connectivity index (χ1v) is 8.77. The van der Waals surface area contributed by atoms with Gasteiger partial charge in [0.2, 0.25) is 0 Å². The summed E-state index contributed by atoms with van der Waals surface area (Å²) in [6.45, 7) is 10.4. The van der Waals surface area contributed by atoms with Crippen LogP contribution in [-0.2, 0) is 9.47 Å². The van der Waals surface area contributed by atoms with Crippen LogP contribution < -0.4 is 0 Å². The first kappa shape index (κ1) is 17.2. The average molecular weight is 332 g/mol. The summed E-state index contributed by atoms with van der Waals surface area (Å²) in [7, 11) is 0. The van der Waals surface area contributed by atoms with E-state index in [1.165, 1.54) is 0 Å². The highest BCUT2D eigenvalue weighted by Crippen LogP contribution is 2.33. The van der Waals surface area contributed by atoms with E-state index in [0.717, 1.165) is 5.56 Å². The van der Waals surface area contributed by atoms with Crippen molar-refractivity contribution in [3.05, 3.63) is 35.9 Å². The Kier molecular flexibility index (Phi) is 5.11. The van der Waals surface area contributed by atoms with Gasteiger partial charge in [0.1, 0.15) is 6.10 Å². The van der Waals surface area contributed by atoms with Crippen LogP contribution in [-0.4, -0.2) is 61.3 Å². The molecule has 2 atom stereocenters. The summed E-state index contributed by atoms with van der Waals surface area (Å²) in [4.78, 5) is 16.8. The molecule has 0 radical (unpaired) electrons. The second-order valence-electron chi connectivity index (χ2n) is 7.68. The minimum atomic E-state index is -0.0748. The van der Waals surface area contributed by atoms with Gasteiger partial charge in [-0.2, -0.15) is 0 Å². The van der Waals surface area contributed by atoms with Crippen LogP contribution in [0, 0.1) is 5.41 Å². The van der Waals surface area contributed by atoms with Crippen molar-refractivity contribution in [1.82, 2.24) is 9.80 Å². The third kappa shape index (κ3) is 3.90. The molecule has 2 saturated heterocycles. The Hall–Kier alpha value is -1.59. The molecule has 1 aromatic rings. The van der Waals surface area contributed by atoms with Gasteiger partial charge in [-0.3, -0.25) is 0 Å². The lowest BCUT2D eigenvalue weighted by Gasteiger charge is -2.45. The molecule has 0 aliphatic carbocycles. The number of rotatable bonds is 1. The van der Waals surface area contributed by atoms with Crippen LogP contribution >= 0.6 is 0 Å². The largest absolute Gasteiger partial charge is 0.378 e. The summed E-state index contributed by atoms with van der Waals surface area (Å²) in [6, 6.07) is 10.3. The van der Waals surface area contributed by atoms with E-state index in [-0.39, 0.29) is 23.7 Å². The third-order valence-electron chi connectivity index (χ3n) is 4.79. The quantitative estimate of drug-likeness (QED) is 0.794. The number of hydrogen-bond acceptors (Lipinski definition) is 3. The highest BCUT2D eigenvalue weighted by atomic mass is 16.5. The Morgan fingerprint density at radius 1 is 1.04 bits per heavy atom. The van der Waals surface area contributed by atoms with E-state index < -0.39 is 0 Å². The van der Waals surface area contributed by atoms with Crippen LogP contribution in [0.15, 0.2) is 30.3 Å². The molecular formula is C19H28N2O3. The predicted octanol–water partition coefficient (Wildman–Crippen LogP) is 2.93. The predicted molar refractivity (Wildman–Crippen MR) is 92.9 cm³/mol. The van der Waals surface area contributed by atoms with Gasteiger partial charge in [0.15, 0.2) is 0 Å². The van der Waals surface area contributed by atoms with Gasteiger partial charge in [-0.05, 0) is 11.0 Å². The van der Waals surface area contributed by atoms with Crippen LogP contribution in [0.3, 0.4) is 0 Å². The standard InChI is InChI=1S/C19H28N2O3/c1-19(2,3)17-14-21(18(22)20-9-11-23-12-10-20)13-16(24-17)15-7-5-4-6-8-15/h4-8,16-17H,9-14H2,1-3H3/t16-,17+/m0/s1. The number of amides is 2. The zero-order valence-corrected chi connectivity index (χ0v) is 14.9. The summed E-state index contributed by atoms with van der Waals surface area (Å²) in [5, 5.41) is 0. The Morgan fingerprint density at radius 3 is 2.33 bits per heavy atom. The molecule has 5 nitrogen and oxygen atoms in total. The van der Waals surface area contributed by atoms with Gasteiger partial charge in [0.05, 0.1) is 25.9 Å². The molecule has 0 unspecified atom stereocenters. The molecule has 2 aliphatic rings. The second kappa shape index (κ2) is 7.11. The fraction of sp³-hybridized carbons (Fsp3) is 0.632. The molecular weight excluding hydrogens is 304 g/mol. The topological polar surface area (TPSA) is 42.0 Å². The van der Waals surface area contributed by atoms with Crippen molar-refractivity contribution in [3.8, 4) is 0 Å². The van der Waals surface area contributed by atoms with Crippen molar-refractivity contribution >= 4 is 6.03 Å². The first-order chi connectivity index (χ1) is 11.4. The summed E-state index contributed by atoms with van der Waals surface area (Å²) < 4.78 is 11.7. The number of urea groups is 1. The molecule has 0 N–H and O–H groups in total. The van der Waals surface area contributed by atoms with E-state index in [9.17, 15) is 4.79 Å². The normalized spacial score (nSPS) is 25.6. The van der Waals surface area contributed by atoms with Crippen LogP contribution in [0.1, 0.15) is 32.4 Å². The number of hydrogen-bond donors (Lipinski definition) is 0. The smallest absolute Gasteiger partial charge is 0.320 e. The summed E-state index contributed by atoms with van der Waals surface area (Å²) in [5.74, 6) is 0. The van der Waals surface area contributed by atoms with Gasteiger partial charge in [0.25, 0.3) is 0 Å². The van der Waals surface area contributed by atoms with E-state index in [2.05, 4.69) is 32.9 Å². The van der Waals surface area contributed by atoms with Crippen LogP contribution in [0.5, 0.6) is 0 Å². The number of ether oxygens (including phenoxy) is 2. The maximum absolute atomic E-state index is 12.9. The fourth-order valence-electron chi connectivity index (χ4n) is 3.20. The lowest BCUT2D eigenvalue weighted by atomic mass is 9.87. The van der Waals surface area contributed by atoms with Crippen molar-refractivity contribution in [1.29, 1.82) is 0 Å². The van der Waals surface area contributed by atoms with Gasteiger partial charge in [0, 0.05) is 19.6 Å². The first-order valence-electron chi connectivity index (χ1n) is 8.77. The van der Waals surface area contributed by atoms with Gasteiger partial charge < -0.3 is 19.3 Å². The molecule has 2 heterocycles. The molecule has 0 bridgehead atoms. The highest BCUT2D eigenvalue weighted by Gasteiger charge is 2.38. The second-order valence-corrected chi connectivity index (χ2v) is 7.68. The van der Waals surface area contributed by atoms with Crippen molar-refractivity contribution in [2.45, 2.75) is 33.0 Å². The van der Waals surface area contributed by atoms with Crippen LogP contribution in [0.2, 0.25) is 0 Å². The molecule has 24 heavy (non-hydrogen) atoms. The van der Waals surface area contributed by atoms with Gasteiger partial charge in [-0.25, -0.2) is 4.79 Å². The van der Waals surface area contributed by atoms with Gasteiger partial charge in [-0.15, -0.1) is 0 Å². The molecule has 5 heteroatoms. The number of morpholine rings is 2. The zero-order valence-electron chi connectivity index (χ0n) is 14.9. The molecule has 0 saturated carbocycles. The number of carbonyl (C=O) groups is 1. The van der Waals surface area contributed by atoms with E-state index in [1.807, 2.05) is 28.0 Å². The zero-order chi connectivity index (χ0) is 17.2. The van der Waals surface area contributed by atoms with Crippen molar-refractivity contribution in [2.75, 3.05) is 39.4 Å². The number of carbonyl (C=O) groups excluding carboxylic acids is 1. The maximum Gasteiger partial charge on any atom is 0.320 e. The molecule has 1 aromatic carbocycles. The van der Waals surface area contributed by atoms with Crippen molar-refractivity contribution in [2.24, 2.45) is 5.41 Å².